The maximum Gasteiger partial charge on any atom is 0.253 e. The summed E-state index contributed by atoms with van der Waals surface area (Å²) in [4.78, 5) is 26.1. The highest BCUT2D eigenvalue weighted by molar-refractivity contribution is 6.43. The van der Waals surface area contributed by atoms with E-state index in [0.717, 1.165) is 5.76 Å². The summed E-state index contributed by atoms with van der Waals surface area (Å²) in [6, 6.07) is 7.70. The highest BCUT2D eigenvalue weighted by Gasteiger charge is 2.22. The predicted molar refractivity (Wildman–Crippen MR) is 93.3 cm³/mol. The van der Waals surface area contributed by atoms with Crippen molar-refractivity contribution in [2.24, 2.45) is 0 Å². The normalized spacial score (nSPS) is 11.9. The van der Waals surface area contributed by atoms with Crippen LogP contribution in [0.5, 0.6) is 0 Å². The third kappa shape index (κ3) is 4.30. The number of rotatable bonds is 5. The Balaban J connectivity index is 2.00. The molecule has 1 atom stereocenters. The number of likely N-dealkylation sites (N-methyl/N-ethyl adjacent to an activating group) is 1. The molecule has 2 aromatic rings. The van der Waals surface area contributed by atoms with E-state index in [1.54, 1.807) is 32.2 Å². The number of aryl methyl sites for hydroxylation is 1. The Hall–Kier alpha value is -1.98. The first-order valence-corrected chi connectivity index (χ1v) is 8.10. The molecule has 1 N–H and O–H groups in total. The van der Waals surface area contributed by atoms with Gasteiger partial charge < -0.3 is 14.6 Å². The average Bonchev–Trinajstić information content (AvgIpc) is 2.93. The predicted octanol–water partition coefficient (Wildman–Crippen LogP) is 3.67. The van der Waals surface area contributed by atoms with Crippen LogP contribution in [-0.4, -0.2) is 29.8 Å². The standard InChI is InChI=1S/C17H18Cl2N2O3/c1-10-7-8-12(24-10)9-21(3)17(23)11(2)20-16(22)13-5-4-6-14(18)15(13)19/h4-8,11H,9H2,1-3H3,(H,20,22). The number of carbonyl (C=O) groups excluding carboxylic acids is 2. The zero-order valence-corrected chi connectivity index (χ0v) is 15.1. The lowest BCUT2D eigenvalue weighted by molar-refractivity contribution is -0.132. The second-order valence-electron chi connectivity index (χ2n) is 5.50. The number of benzene rings is 1. The van der Waals surface area contributed by atoms with Crippen LogP contribution in [0.15, 0.2) is 34.7 Å². The van der Waals surface area contributed by atoms with E-state index in [0.29, 0.717) is 12.3 Å². The van der Waals surface area contributed by atoms with Crippen LogP contribution in [0.3, 0.4) is 0 Å². The monoisotopic (exact) mass is 368 g/mol. The molecule has 24 heavy (non-hydrogen) atoms. The molecule has 1 heterocycles. The fourth-order valence-electron chi connectivity index (χ4n) is 2.23. The molecule has 2 rings (SSSR count). The summed E-state index contributed by atoms with van der Waals surface area (Å²) in [5.74, 6) is 0.767. The van der Waals surface area contributed by atoms with Crippen LogP contribution in [0.1, 0.15) is 28.8 Å². The molecule has 0 bridgehead atoms. The Labute approximate surface area is 150 Å². The van der Waals surface area contributed by atoms with Crippen molar-refractivity contribution in [2.75, 3.05) is 7.05 Å². The molecule has 2 amide bonds. The van der Waals surface area contributed by atoms with Gasteiger partial charge in [-0.1, -0.05) is 29.3 Å². The number of halogens is 2. The van der Waals surface area contributed by atoms with Gasteiger partial charge in [-0.2, -0.15) is 0 Å². The molecule has 1 aromatic heterocycles. The molecule has 0 aliphatic carbocycles. The summed E-state index contributed by atoms with van der Waals surface area (Å²) >= 11 is 11.9. The van der Waals surface area contributed by atoms with Crippen LogP contribution in [0.4, 0.5) is 0 Å². The lowest BCUT2D eigenvalue weighted by Gasteiger charge is -2.21. The van der Waals surface area contributed by atoms with Crippen molar-refractivity contribution >= 4 is 35.0 Å². The summed E-state index contributed by atoms with van der Waals surface area (Å²) < 4.78 is 5.45. The average molecular weight is 369 g/mol. The number of hydrogen-bond donors (Lipinski definition) is 1. The van der Waals surface area contributed by atoms with Crippen molar-refractivity contribution in [3.8, 4) is 0 Å². The highest BCUT2D eigenvalue weighted by Crippen LogP contribution is 2.25. The molecule has 0 fully saturated rings. The quantitative estimate of drug-likeness (QED) is 0.875. The van der Waals surface area contributed by atoms with Crippen molar-refractivity contribution in [3.05, 3.63) is 57.5 Å². The Morgan fingerprint density at radius 1 is 1.25 bits per heavy atom. The van der Waals surface area contributed by atoms with E-state index >= 15 is 0 Å². The molecule has 1 unspecified atom stereocenters. The topological polar surface area (TPSA) is 62.6 Å². The zero-order chi connectivity index (χ0) is 17.9. The van der Waals surface area contributed by atoms with Gasteiger partial charge in [0.2, 0.25) is 5.91 Å². The zero-order valence-electron chi connectivity index (χ0n) is 13.6. The Bertz CT molecular complexity index is 758. The largest absolute Gasteiger partial charge is 0.464 e. The lowest BCUT2D eigenvalue weighted by atomic mass is 10.2. The van der Waals surface area contributed by atoms with Gasteiger partial charge in [-0.25, -0.2) is 0 Å². The van der Waals surface area contributed by atoms with E-state index in [-0.39, 0.29) is 21.5 Å². The molecule has 0 aliphatic heterocycles. The number of carbonyl (C=O) groups is 2. The van der Waals surface area contributed by atoms with E-state index in [1.807, 2.05) is 19.1 Å². The Morgan fingerprint density at radius 3 is 2.58 bits per heavy atom. The summed E-state index contributed by atoms with van der Waals surface area (Å²) in [5, 5.41) is 3.08. The maximum absolute atomic E-state index is 12.4. The van der Waals surface area contributed by atoms with Crippen molar-refractivity contribution < 1.29 is 14.0 Å². The molecule has 0 spiro atoms. The van der Waals surface area contributed by atoms with E-state index in [9.17, 15) is 9.59 Å². The number of amides is 2. The summed E-state index contributed by atoms with van der Waals surface area (Å²) in [5.41, 5.74) is 0.230. The molecule has 128 valence electrons. The van der Waals surface area contributed by atoms with Crippen molar-refractivity contribution in [1.29, 1.82) is 0 Å². The molecule has 0 saturated carbocycles. The molecule has 5 nitrogen and oxygen atoms in total. The minimum atomic E-state index is -0.714. The van der Waals surface area contributed by atoms with Crippen molar-refractivity contribution in [3.63, 3.8) is 0 Å². The molecule has 7 heteroatoms. The highest BCUT2D eigenvalue weighted by atomic mass is 35.5. The Kier molecular flexibility index (Phi) is 5.91. The van der Waals surface area contributed by atoms with Gasteiger partial charge >= 0.3 is 0 Å². The van der Waals surface area contributed by atoms with Gasteiger partial charge in [0.05, 0.1) is 22.2 Å². The molecule has 1 aromatic carbocycles. The van der Waals surface area contributed by atoms with Crippen LogP contribution in [0.2, 0.25) is 10.0 Å². The van der Waals surface area contributed by atoms with Gasteiger partial charge in [0, 0.05) is 7.05 Å². The molecular weight excluding hydrogens is 351 g/mol. The third-order valence-electron chi connectivity index (χ3n) is 3.48. The van der Waals surface area contributed by atoms with Crippen LogP contribution in [-0.2, 0) is 11.3 Å². The lowest BCUT2D eigenvalue weighted by Crippen LogP contribution is -2.45. The van der Waals surface area contributed by atoms with Gasteiger partial charge in [-0.3, -0.25) is 9.59 Å². The number of nitrogens with zero attached hydrogens (tertiary/aromatic N) is 1. The van der Waals surface area contributed by atoms with E-state index in [1.165, 1.54) is 4.90 Å². The second kappa shape index (κ2) is 7.73. The smallest absolute Gasteiger partial charge is 0.253 e. The second-order valence-corrected chi connectivity index (χ2v) is 6.29. The molecule has 0 aliphatic rings. The first-order chi connectivity index (χ1) is 11.3. The Morgan fingerprint density at radius 2 is 1.96 bits per heavy atom. The first kappa shape index (κ1) is 18.4. The van der Waals surface area contributed by atoms with Gasteiger partial charge in [-0.15, -0.1) is 0 Å². The van der Waals surface area contributed by atoms with Crippen LogP contribution in [0, 0.1) is 6.92 Å². The van der Waals surface area contributed by atoms with Gasteiger partial charge in [0.15, 0.2) is 0 Å². The van der Waals surface area contributed by atoms with E-state index < -0.39 is 11.9 Å². The van der Waals surface area contributed by atoms with E-state index in [4.69, 9.17) is 27.6 Å². The van der Waals surface area contributed by atoms with Gasteiger partial charge in [0.1, 0.15) is 17.6 Å². The summed E-state index contributed by atoms with van der Waals surface area (Å²) in [6.45, 7) is 3.77. The third-order valence-corrected chi connectivity index (χ3v) is 4.30. The maximum atomic E-state index is 12.4. The number of furan rings is 1. The molecular formula is C17H18Cl2N2O3. The van der Waals surface area contributed by atoms with Gasteiger partial charge in [0.25, 0.3) is 5.91 Å². The SMILES string of the molecule is Cc1ccc(CN(C)C(=O)C(C)NC(=O)c2cccc(Cl)c2Cl)o1. The van der Waals surface area contributed by atoms with Crippen LogP contribution in [0.25, 0.3) is 0 Å². The summed E-state index contributed by atoms with van der Waals surface area (Å²) in [6.07, 6.45) is 0. The minimum Gasteiger partial charge on any atom is -0.464 e. The van der Waals surface area contributed by atoms with Gasteiger partial charge in [-0.05, 0) is 38.1 Å². The summed E-state index contributed by atoms with van der Waals surface area (Å²) in [7, 11) is 1.65. The van der Waals surface area contributed by atoms with E-state index in [2.05, 4.69) is 5.32 Å². The molecule has 0 saturated heterocycles. The number of hydrogen-bond acceptors (Lipinski definition) is 3. The van der Waals surface area contributed by atoms with Crippen molar-refractivity contribution in [2.45, 2.75) is 26.4 Å². The fraction of sp³-hybridized carbons (Fsp3) is 0.294. The molecule has 0 radical (unpaired) electrons. The minimum absolute atomic E-state index is 0.163. The van der Waals surface area contributed by atoms with Crippen LogP contribution < -0.4 is 5.32 Å². The van der Waals surface area contributed by atoms with Crippen LogP contribution >= 0.6 is 23.2 Å². The number of nitrogens with one attached hydrogen (secondary N) is 1. The van der Waals surface area contributed by atoms with Crippen molar-refractivity contribution in [1.82, 2.24) is 10.2 Å². The first-order valence-electron chi connectivity index (χ1n) is 7.34. The fourth-order valence-corrected chi connectivity index (χ4v) is 2.61.